The molecule has 3 aromatic rings. The molecule has 35 heavy (non-hydrogen) atoms. The standard InChI is InChI=1S/C24H23ClN4O4S2/c1-28(15-3-4-15)22(30)11-33-16-5-2-14-8-9-29(19(14)10-16)24-17-12-35(31,32)13-18(17)26-23(27-24)20-6-7-21(25)34-20/h2,5-7,10,15H,3-4,8-9,11-13H2,1H3. The van der Waals surface area contributed by atoms with Crippen molar-refractivity contribution in [2.45, 2.75) is 36.8 Å². The zero-order valence-electron chi connectivity index (χ0n) is 19.0. The molecule has 0 bridgehead atoms. The molecule has 3 aliphatic rings. The quantitative estimate of drug-likeness (QED) is 0.476. The highest BCUT2D eigenvalue weighted by molar-refractivity contribution is 7.90. The van der Waals surface area contributed by atoms with Gasteiger partial charge in [-0.25, -0.2) is 18.4 Å². The number of thiophene rings is 1. The van der Waals surface area contributed by atoms with Crippen LogP contribution in [0.5, 0.6) is 5.75 Å². The van der Waals surface area contributed by atoms with Crippen molar-refractivity contribution >= 4 is 50.2 Å². The molecule has 0 unspecified atom stereocenters. The van der Waals surface area contributed by atoms with Crippen molar-refractivity contribution in [2.24, 2.45) is 0 Å². The van der Waals surface area contributed by atoms with Crippen molar-refractivity contribution in [2.75, 3.05) is 25.1 Å². The SMILES string of the molecule is CN(C(=O)COc1ccc2c(c1)N(c1nc(-c3ccc(Cl)s3)nc3c1CS(=O)(=O)C3)CC2)C1CC1. The molecule has 6 rings (SSSR count). The van der Waals surface area contributed by atoms with Crippen LogP contribution in [0.4, 0.5) is 11.5 Å². The predicted octanol–water partition coefficient (Wildman–Crippen LogP) is 3.98. The second kappa shape index (κ2) is 8.46. The van der Waals surface area contributed by atoms with Crippen molar-refractivity contribution in [1.82, 2.24) is 14.9 Å². The van der Waals surface area contributed by atoms with Gasteiger partial charge in [-0.15, -0.1) is 11.3 Å². The van der Waals surface area contributed by atoms with E-state index < -0.39 is 9.84 Å². The molecule has 2 aliphatic heterocycles. The van der Waals surface area contributed by atoms with Crippen molar-refractivity contribution in [1.29, 1.82) is 0 Å². The van der Waals surface area contributed by atoms with Gasteiger partial charge in [-0.05, 0) is 43.0 Å². The van der Waals surface area contributed by atoms with Gasteiger partial charge in [0.15, 0.2) is 22.3 Å². The molecule has 0 radical (unpaired) electrons. The van der Waals surface area contributed by atoms with Crippen molar-refractivity contribution in [3.05, 3.63) is 51.5 Å². The van der Waals surface area contributed by atoms with Gasteiger partial charge in [0.25, 0.3) is 5.91 Å². The maximum atomic E-state index is 12.5. The molecule has 1 amide bonds. The molecule has 1 fully saturated rings. The third-order valence-electron chi connectivity index (χ3n) is 6.64. The van der Waals surface area contributed by atoms with E-state index in [1.54, 1.807) is 11.0 Å². The number of aromatic nitrogens is 2. The number of ether oxygens (including phenoxy) is 1. The van der Waals surface area contributed by atoms with Crippen LogP contribution in [0.15, 0.2) is 30.3 Å². The first-order valence-electron chi connectivity index (χ1n) is 11.4. The van der Waals surface area contributed by atoms with Crippen LogP contribution >= 0.6 is 22.9 Å². The summed E-state index contributed by atoms with van der Waals surface area (Å²) in [6.07, 6.45) is 2.90. The second-order valence-corrected chi connectivity index (χ2v) is 12.9. The number of likely N-dealkylation sites (N-methyl/N-ethyl adjacent to an activating group) is 1. The molecule has 4 heterocycles. The molecular weight excluding hydrogens is 508 g/mol. The fraction of sp³-hybridized carbons (Fsp3) is 0.375. The van der Waals surface area contributed by atoms with E-state index in [0.29, 0.717) is 45.6 Å². The van der Waals surface area contributed by atoms with Crippen LogP contribution in [-0.2, 0) is 32.6 Å². The number of anilines is 2. The number of nitrogens with zero attached hydrogens (tertiary/aromatic N) is 4. The number of hydrogen-bond donors (Lipinski definition) is 0. The monoisotopic (exact) mass is 530 g/mol. The zero-order chi connectivity index (χ0) is 24.3. The third-order valence-corrected chi connectivity index (χ3v) is 9.31. The lowest BCUT2D eigenvalue weighted by Crippen LogP contribution is -2.33. The Labute approximate surface area is 212 Å². The van der Waals surface area contributed by atoms with Crippen LogP contribution < -0.4 is 9.64 Å². The first-order chi connectivity index (χ1) is 16.8. The summed E-state index contributed by atoms with van der Waals surface area (Å²) in [5, 5.41) is 0. The number of sulfone groups is 1. The Kier molecular flexibility index (Phi) is 5.50. The molecular formula is C24H23ClN4O4S2. The average molecular weight is 531 g/mol. The van der Waals surface area contributed by atoms with Gasteiger partial charge in [-0.1, -0.05) is 17.7 Å². The van der Waals surface area contributed by atoms with E-state index in [1.165, 1.54) is 11.3 Å². The van der Waals surface area contributed by atoms with E-state index in [1.807, 2.05) is 36.2 Å². The van der Waals surface area contributed by atoms with Gasteiger partial charge in [-0.3, -0.25) is 4.79 Å². The van der Waals surface area contributed by atoms with Crippen molar-refractivity contribution in [3.63, 3.8) is 0 Å². The molecule has 0 atom stereocenters. The predicted molar refractivity (Wildman–Crippen MR) is 135 cm³/mol. The van der Waals surface area contributed by atoms with E-state index in [-0.39, 0.29) is 24.0 Å². The lowest BCUT2D eigenvalue weighted by Gasteiger charge is -2.22. The maximum absolute atomic E-state index is 12.5. The topological polar surface area (TPSA) is 92.7 Å². The van der Waals surface area contributed by atoms with Gasteiger partial charge in [0.1, 0.15) is 11.6 Å². The fourth-order valence-electron chi connectivity index (χ4n) is 4.61. The normalized spacial score (nSPS) is 17.8. The van der Waals surface area contributed by atoms with E-state index in [4.69, 9.17) is 21.3 Å². The van der Waals surface area contributed by atoms with Gasteiger partial charge in [0, 0.05) is 37.0 Å². The van der Waals surface area contributed by atoms with E-state index in [9.17, 15) is 13.2 Å². The lowest BCUT2D eigenvalue weighted by atomic mass is 10.1. The first-order valence-corrected chi connectivity index (χ1v) is 14.4. The summed E-state index contributed by atoms with van der Waals surface area (Å²) in [6, 6.07) is 9.75. The molecule has 0 saturated heterocycles. The summed E-state index contributed by atoms with van der Waals surface area (Å²) in [4.78, 5) is 26.4. The van der Waals surface area contributed by atoms with E-state index in [2.05, 4.69) is 4.98 Å². The van der Waals surface area contributed by atoms with Crippen LogP contribution in [0.1, 0.15) is 29.7 Å². The zero-order valence-corrected chi connectivity index (χ0v) is 21.4. The van der Waals surface area contributed by atoms with Crippen molar-refractivity contribution < 1.29 is 17.9 Å². The minimum Gasteiger partial charge on any atom is -0.484 e. The largest absolute Gasteiger partial charge is 0.484 e. The number of hydrogen-bond acceptors (Lipinski definition) is 8. The number of fused-ring (bicyclic) bond motifs is 2. The molecule has 11 heteroatoms. The highest BCUT2D eigenvalue weighted by atomic mass is 35.5. The van der Waals surface area contributed by atoms with E-state index in [0.717, 1.165) is 35.4 Å². The maximum Gasteiger partial charge on any atom is 0.260 e. The first kappa shape index (κ1) is 22.8. The Morgan fingerprint density at radius 3 is 2.80 bits per heavy atom. The number of halogens is 1. The molecule has 0 spiro atoms. The van der Waals surface area contributed by atoms with Gasteiger partial charge >= 0.3 is 0 Å². The van der Waals surface area contributed by atoms with Crippen LogP contribution in [0.25, 0.3) is 10.7 Å². The smallest absolute Gasteiger partial charge is 0.260 e. The molecule has 0 N–H and O–H groups in total. The van der Waals surface area contributed by atoms with Crippen LogP contribution in [0.3, 0.4) is 0 Å². The van der Waals surface area contributed by atoms with Gasteiger partial charge in [0.2, 0.25) is 0 Å². The molecule has 8 nitrogen and oxygen atoms in total. The molecule has 1 aromatic carbocycles. The molecule has 182 valence electrons. The number of carbonyl (C=O) groups is 1. The Bertz CT molecular complexity index is 1450. The summed E-state index contributed by atoms with van der Waals surface area (Å²) >= 11 is 7.49. The number of rotatable bonds is 6. The minimum absolute atomic E-state index is 0.0176. The molecule has 1 saturated carbocycles. The van der Waals surface area contributed by atoms with Crippen LogP contribution in [-0.4, -0.2) is 55.4 Å². The minimum atomic E-state index is -3.28. The summed E-state index contributed by atoms with van der Waals surface area (Å²) < 4.78 is 31.5. The Morgan fingerprint density at radius 2 is 2.06 bits per heavy atom. The van der Waals surface area contributed by atoms with Gasteiger partial charge in [0.05, 0.1) is 26.4 Å². The van der Waals surface area contributed by atoms with E-state index >= 15 is 0 Å². The average Bonchev–Trinajstić information content (AvgIpc) is 3.31. The lowest BCUT2D eigenvalue weighted by molar-refractivity contribution is -0.132. The van der Waals surface area contributed by atoms with Crippen molar-refractivity contribution in [3.8, 4) is 16.5 Å². The third kappa shape index (κ3) is 4.39. The fourth-order valence-corrected chi connectivity index (χ4v) is 7.08. The van der Waals surface area contributed by atoms with Crippen LogP contribution in [0.2, 0.25) is 4.34 Å². The summed E-state index contributed by atoms with van der Waals surface area (Å²) in [7, 11) is -1.47. The number of carbonyl (C=O) groups excluding carboxylic acids is 1. The summed E-state index contributed by atoms with van der Waals surface area (Å²) in [6.45, 7) is 0.645. The number of amides is 1. The van der Waals surface area contributed by atoms with Gasteiger partial charge in [-0.2, -0.15) is 0 Å². The summed E-state index contributed by atoms with van der Waals surface area (Å²) in [5.41, 5.74) is 3.22. The molecule has 2 aromatic heterocycles. The Morgan fingerprint density at radius 1 is 1.23 bits per heavy atom. The highest BCUT2D eigenvalue weighted by Gasteiger charge is 2.35. The summed E-state index contributed by atoms with van der Waals surface area (Å²) in [5.74, 6) is 1.47. The second-order valence-electron chi connectivity index (χ2n) is 9.15. The number of benzene rings is 1. The highest BCUT2D eigenvalue weighted by Crippen LogP contribution is 2.42. The Hall–Kier alpha value is -2.69. The van der Waals surface area contributed by atoms with Gasteiger partial charge < -0.3 is 14.5 Å². The Balaban J connectivity index is 1.34. The van der Waals surface area contributed by atoms with Crippen LogP contribution in [0, 0.1) is 0 Å². The molecule has 1 aliphatic carbocycles.